The molecule has 0 saturated carbocycles. The zero-order valence-corrected chi connectivity index (χ0v) is 21.8. The van der Waals surface area contributed by atoms with Gasteiger partial charge in [0, 0.05) is 27.2 Å². The normalized spacial score (nSPS) is 12.3. The summed E-state index contributed by atoms with van der Waals surface area (Å²) in [5.41, 5.74) is 2.01. The number of halogens is 1. The maximum absolute atomic E-state index is 13.7. The molecule has 1 N–H and O–H groups in total. The second kappa shape index (κ2) is 12.6. The number of benzene rings is 2. The molecule has 0 aliphatic heterocycles. The van der Waals surface area contributed by atoms with Gasteiger partial charge in [-0.1, -0.05) is 43.7 Å². The van der Waals surface area contributed by atoms with E-state index in [0.29, 0.717) is 13.0 Å². The number of carbonyl (C=O) groups is 2. The first-order valence-electron chi connectivity index (χ1n) is 11.6. The van der Waals surface area contributed by atoms with Crippen LogP contribution in [0.5, 0.6) is 0 Å². The molecule has 8 nitrogen and oxygen atoms in total. The molecule has 0 bridgehead atoms. The summed E-state index contributed by atoms with van der Waals surface area (Å²) >= 11 is 0. The van der Waals surface area contributed by atoms with Crippen molar-refractivity contribution in [3.63, 3.8) is 0 Å². The topological polar surface area (TPSA) is 90.0 Å². The molecule has 2 amide bonds. The van der Waals surface area contributed by atoms with E-state index >= 15 is 0 Å². The molecule has 1 atom stereocenters. The fourth-order valence-corrected chi connectivity index (χ4v) is 4.56. The minimum Gasteiger partial charge on any atom is -0.354 e. The number of carbonyl (C=O) groups excluding carboxylic acids is 2. The van der Waals surface area contributed by atoms with Gasteiger partial charge in [-0.3, -0.25) is 9.59 Å². The molecule has 0 radical (unpaired) electrons. The van der Waals surface area contributed by atoms with Crippen molar-refractivity contribution in [2.24, 2.45) is 0 Å². The van der Waals surface area contributed by atoms with Crippen molar-refractivity contribution in [1.29, 1.82) is 0 Å². The SMILES string of the molecule is CCCNC(=O)C(CC)N(Cc1ccc(C)cc1)C(=O)CN(c1ccc(F)cc1)S(=O)(=O)N(C)C. The summed E-state index contributed by atoms with van der Waals surface area (Å²) in [5.74, 6) is -1.36. The summed E-state index contributed by atoms with van der Waals surface area (Å²) < 4.78 is 41.6. The summed E-state index contributed by atoms with van der Waals surface area (Å²) in [4.78, 5) is 28.0. The van der Waals surface area contributed by atoms with E-state index in [2.05, 4.69) is 5.32 Å². The second-order valence-electron chi connectivity index (χ2n) is 8.50. The Hall–Kier alpha value is -2.98. The number of rotatable bonds is 12. The van der Waals surface area contributed by atoms with E-state index < -0.39 is 34.5 Å². The zero-order valence-electron chi connectivity index (χ0n) is 21.0. The highest BCUT2D eigenvalue weighted by molar-refractivity contribution is 7.90. The molecule has 2 aromatic rings. The molecular formula is C25H35FN4O4S. The van der Waals surface area contributed by atoms with Gasteiger partial charge in [-0.05, 0) is 49.6 Å². The van der Waals surface area contributed by atoms with E-state index in [4.69, 9.17) is 0 Å². The maximum atomic E-state index is 13.7. The lowest BCUT2D eigenvalue weighted by Gasteiger charge is -2.34. The van der Waals surface area contributed by atoms with Gasteiger partial charge in [0.15, 0.2) is 0 Å². The molecule has 0 aromatic heterocycles. The van der Waals surface area contributed by atoms with Crippen LogP contribution in [0.15, 0.2) is 48.5 Å². The Labute approximate surface area is 207 Å². The lowest BCUT2D eigenvalue weighted by molar-refractivity contribution is -0.140. The van der Waals surface area contributed by atoms with Gasteiger partial charge in [0.2, 0.25) is 11.8 Å². The van der Waals surface area contributed by atoms with Crippen LogP contribution in [-0.4, -0.2) is 62.7 Å². The van der Waals surface area contributed by atoms with Gasteiger partial charge in [0.25, 0.3) is 0 Å². The third-order valence-electron chi connectivity index (χ3n) is 5.54. The van der Waals surface area contributed by atoms with Crippen LogP contribution in [-0.2, 0) is 26.3 Å². The van der Waals surface area contributed by atoms with Gasteiger partial charge in [0.1, 0.15) is 18.4 Å². The van der Waals surface area contributed by atoms with Crippen LogP contribution in [0.1, 0.15) is 37.8 Å². The third-order valence-corrected chi connectivity index (χ3v) is 7.36. The smallest absolute Gasteiger partial charge is 0.304 e. The van der Waals surface area contributed by atoms with Crippen molar-refractivity contribution < 1.29 is 22.4 Å². The monoisotopic (exact) mass is 506 g/mol. The molecule has 2 aromatic carbocycles. The van der Waals surface area contributed by atoms with Crippen LogP contribution >= 0.6 is 0 Å². The van der Waals surface area contributed by atoms with E-state index in [-0.39, 0.29) is 18.1 Å². The van der Waals surface area contributed by atoms with Crippen molar-refractivity contribution >= 4 is 27.7 Å². The van der Waals surface area contributed by atoms with Gasteiger partial charge in [-0.2, -0.15) is 12.7 Å². The van der Waals surface area contributed by atoms with E-state index in [0.717, 1.165) is 38.3 Å². The van der Waals surface area contributed by atoms with Crippen LogP contribution in [0.4, 0.5) is 10.1 Å². The molecule has 1 unspecified atom stereocenters. The van der Waals surface area contributed by atoms with Crippen LogP contribution in [0.2, 0.25) is 0 Å². The second-order valence-corrected chi connectivity index (χ2v) is 10.6. The first-order valence-corrected chi connectivity index (χ1v) is 13.0. The number of hydrogen-bond acceptors (Lipinski definition) is 4. The standard InChI is InChI=1S/C25H35FN4O4S/c1-6-16-27-25(32)23(7-2)29(17-20-10-8-19(3)9-11-20)24(31)18-30(35(33,34)28(4)5)22-14-12-21(26)13-15-22/h8-15,23H,6-7,16-18H2,1-5H3,(H,27,32). The first-order chi connectivity index (χ1) is 16.5. The largest absolute Gasteiger partial charge is 0.354 e. The summed E-state index contributed by atoms with van der Waals surface area (Å²) in [7, 11) is -1.37. The highest BCUT2D eigenvalue weighted by Crippen LogP contribution is 2.22. The Bertz CT molecular complexity index is 1090. The zero-order chi connectivity index (χ0) is 26.2. The van der Waals surface area contributed by atoms with Gasteiger partial charge in [-0.15, -0.1) is 0 Å². The highest BCUT2D eigenvalue weighted by atomic mass is 32.2. The predicted octanol–water partition coefficient (Wildman–Crippen LogP) is 3.08. The molecule has 0 aliphatic rings. The Morgan fingerprint density at radius 3 is 2.11 bits per heavy atom. The molecule has 192 valence electrons. The molecule has 0 fully saturated rings. The molecule has 0 heterocycles. The van der Waals surface area contributed by atoms with E-state index in [9.17, 15) is 22.4 Å². The minimum atomic E-state index is -4.08. The van der Waals surface area contributed by atoms with Crippen LogP contribution in [0, 0.1) is 12.7 Å². The van der Waals surface area contributed by atoms with Crippen LogP contribution in [0.3, 0.4) is 0 Å². The van der Waals surface area contributed by atoms with Crippen LogP contribution in [0.25, 0.3) is 0 Å². The highest BCUT2D eigenvalue weighted by Gasteiger charge is 2.33. The summed E-state index contributed by atoms with van der Waals surface area (Å²) in [6.07, 6.45) is 1.09. The summed E-state index contributed by atoms with van der Waals surface area (Å²) in [6.45, 7) is 5.75. The van der Waals surface area contributed by atoms with E-state index in [1.807, 2.05) is 38.1 Å². The third kappa shape index (κ3) is 7.50. The Morgan fingerprint density at radius 2 is 1.60 bits per heavy atom. The van der Waals surface area contributed by atoms with Gasteiger partial charge in [-0.25, -0.2) is 8.70 Å². The maximum Gasteiger partial charge on any atom is 0.304 e. The Balaban J connectivity index is 2.46. The predicted molar refractivity (Wildman–Crippen MR) is 135 cm³/mol. The molecule has 2 rings (SSSR count). The van der Waals surface area contributed by atoms with Crippen LogP contribution < -0.4 is 9.62 Å². The molecule has 0 spiro atoms. The van der Waals surface area contributed by atoms with Crippen molar-refractivity contribution in [2.45, 2.75) is 46.2 Å². The van der Waals surface area contributed by atoms with Crippen molar-refractivity contribution in [3.8, 4) is 0 Å². The van der Waals surface area contributed by atoms with E-state index in [1.54, 1.807) is 6.92 Å². The number of nitrogens with one attached hydrogen (secondary N) is 1. The molecular weight excluding hydrogens is 471 g/mol. The fraction of sp³-hybridized carbons (Fsp3) is 0.440. The molecule has 0 aliphatic carbocycles. The molecule has 35 heavy (non-hydrogen) atoms. The number of nitrogens with zero attached hydrogens (tertiary/aromatic N) is 3. The van der Waals surface area contributed by atoms with Gasteiger partial charge < -0.3 is 10.2 Å². The molecule has 0 saturated heterocycles. The lowest BCUT2D eigenvalue weighted by atomic mass is 10.1. The number of anilines is 1. The average Bonchev–Trinajstić information content (AvgIpc) is 2.82. The Kier molecular flexibility index (Phi) is 10.2. The Morgan fingerprint density at radius 1 is 1.00 bits per heavy atom. The number of hydrogen-bond donors (Lipinski definition) is 1. The quantitative estimate of drug-likeness (QED) is 0.479. The summed E-state index contributed by atoms with van der Waals surface area (Å²) in [5, 5.41) is 2.84. The van der Waals surface area contributed by atoms with Crippen molar-refractivity contribution in [3.05, 3.63) is 65.5 Å². The first kappa shape index (κ1) is 28.3. The van der Waals surface area contributed by atoms with Gasteiger partial charge >= 0.3 is 10.2 Å². The number of amides is 2. The van der Waals surface area contributed by atoms with Gasteiger partial charge in [0.05, 0.1) is 5.69 Å². The minimum absolute atomic E-state index is 0.135. The average molecular weight is 507 g/mol. The summed E-state index contributed by atoms with van der Waals surface area (Å²) in [6, 6.07) is 11.7. The molecule has 10 heteroatoms. The van der Waals surface area contributed by atoms with Crippen molar-refractivity contribution in [1.82, 2.24) is 14.5 Å². The fourth-order valence-electron chi connectivity index (χ4n) is 3.50. The number of aryl methyl sites for hydroxylation is 1. The lowest BCUT2D eigenvalue weighted by Crippen LogP contribution is -2.53. The van der Waals surface area contributed by atoms with E-state index in [1.165, 1.54) is 31.1 Å². The van der Waals surface area contributed by atoms with Crippen molar-refractivity contribution in [2.75, 3.05) is 31.5 Å².